The molecule has 0 aliphatic carbocycles. The Kier molecular flexibility index (Phi) is 5.83. The van der Waals surface area contributed by atoms with Crippen molar-refractivity contribution in [3.8, 4) is 11.5 Å². The Hall–Kier alpha value is -2.49. The number of carbonyl (C=O) groups excluding carboxylic acids is 1. The van der Waals surface area contributed by atoms with Gasteiger partial charge in [-0.25, -0.2) is 0 Å². The van der Waals surface area contributed by atoms with E-state index in [1.54, 1.807) is 19.1 Å². The fraction of sp³-hybridized carbons (Fsp3) is 0.278. The maximum Gasteiger partial charge on any atom is 0.226 e. The van der Waals surface area contributed by atoms with Crippen molar-refractivity contribution in [2.75, 3.05) is 27.3 Å². The van der Waals surface area contributed by atoms with Crippen LogP contribution in [0.3, 0.4) is 0 Å². The SMILES string of the molecule is COc1ccccc1CC(=O)N(C)CCOc1ccccc1. The molecule has 2 aromatic carbocycles. The second kappa shape index (κ2) is 8.08. The lowest BCUT2D eigenvalue weighted by molar-refractivity contribution is -0.129. The summed E-state index contributed by atoms with van der Waals surface area (Å²) in [6, 6.07) is 17.2. The summed E-state index contributed by atoms with van der Waals surface area (Å²) >= 11 is 0. The molecule has 4 heteroatoms. The summed E-state index contributed by atoms with van der Waals surface area (Å²) in [6.45, 7) is 1.01. The van der Waals surface area contributed by atoms with Crippen molar-refractivity contribution in [2.45, 2.75) is 6.42 Å². The highest BCUT2D eigenvalue weighted by Crippen LogP contribution is 2.18. The summed E-state index contributed by atoms with van der Waals surface area (Å²) < 4.78 is 10.9. The van der Waals surface area contributed by atoms with Gasteiger partial charge in [0.1, 0.15) is 18.1 Å². The molecule has 0 spiro atoms. The van der Waals surface area contributed by atoms with Crippen LogP contribution in [0.1, 0.15) is 5.56 Å². The van der Waals surface area contributed by atoms with Crippen LogP contribution in [0.5, 0.6) is 11.5 Å². The molecule has 0 heterocycles. The molecule has 0 N–H and O–H groups in total. The molecular weight excluding hydrogens is 278 g/mol. The number of amides is 1. The van der Waals surface area contributed by atoms with Crippen LogP contribution in [0.4, 0.5) is 0 Å². The Bertz CT molecular complexity index is 598. The molecule has 0 aromatic heterocycles. The monoisotopic (exact) mass is 299 g/mol. The van der Waals surface area contributed by atoms with E-state index < -0.39 is 0 Å². The van der Waals surface area contributed by atoms with E-state index in [2.05, 4.69) is 0 Å². The normalized spacial score (nSPS) is 10.1. The lowest BCUT2D eigenvalue weighted by Crippen LogP contribution is -2.32. The quantitative estimate of drug-likeness (QED) is 0.789. The third kappa shape index (κ3) is 4.52. The first kappa shape index (κ1) is 15.9. The Morgan fingerprint density at radius 2 is 1.73 bits per heavy atom. The fourth-order valence-electron chi connectivity index (χ4n) is 2.09. The maximum atomic E-state index is 12.2. The Morgan fingerprint density at radius 3 is 2.45 bits per heavy atom. The van der Waals surface area contributed by atoms with Crippen LogP contribution in [-0.2, 0) is 11.2 Å². The lowest BCUT2D eigenvalue weighted by Gasteiger charge is -2.18. The van der Waals surface area contributed by atoms with Gasteiger partial charge < -0.3 is 14.4 Å². The van der Waals surface area contributed by atoms with Crippen molar-refractivity contribution in [2.24, 2.45) is 0 Å². The van der Waals surface area contributed by atoms with E-state index in [1.807, 2.05) is 54.6 Å². The summed E-state index contributed by atoms with van der Waals surface area (Å²) in [4.78, 5) is 13.9. The van der Waals surface area contributed by atoms with Gasteiger partial charge in [-0.1, -0.05) is 36.4 Å². The average molecular weight is 299 g/mol. The maximum absolute atomic E-state index is 12.2. The van der Waals surface area contributed by atoms with Crippen LogP contribution >= 0.6 is 0 Å². The first-order valence-electron chi connectivity index (χ1n) is 7.24. The van der Waals surface area contributed by atoms with Crippen molar-refractivity contribution >= 4 is 5.91 Å². The second-order valence-electron chi connectivity index (χ2n) is 4.97. The van der Waals surface area contributed by atoms with E-state index in [0.29, 0.717) is 19.6 Å². The van der Waals surface area contributed by atoms with Gasteiger partial charge in [0.15, 0.2) is 0 Å². The van der Waals surface area contributed by atoms with Gasteiger partial charge >= 0.3 is 0 Å². The zero-order valence-electron chi connectivity index (χ0n) is 13.0. The van der Waals surface area contributed by atoms with Crippen molar-refractivity contribution in [1.29, 1.82) is 0 Å². The largest absolute Gasteiger partial charge is 0.496 e. The van der Waals surface area contributed by atoms with Gasteiger partial charge in [0.05, 0.1) is 20.1 Å². The molecule has 22 heavy (non-hydrogen) atoms. The summed E-state index contributed by atoms with van der Waals surface area (Å²) in [6.07, 6.45) is 0.325. The van der Waals surface area contributed by atoms with Gasteiger partial charge in [0, 0.05) is 12.6 Å². The number of benzene rings is 2. The minimum absolute atomic E-state index is 0.0427. The predicted molar refractivity (Wildman–Crippen MR) is 86.3 cm³/mol. The van der Waals surface area contributed by atoms with Crippen LogP contribution in [0.25, 0.3) is 0 Å². The summed E-state index contributed by atoms with van der Waals surface area (Å²) in [5.74, 6) is 1.60. The van der Waals surface area contributed by atoms with Gasteiger partial charge in [-0.05, 0) is 18.2 Å². The number of nitrogens with zero attached hydrogens (tertiary/aromatic N) is 1. The molecule has 0 saturated heterocycles. The van der Waals surface area contributed by atoms with Crippen LogP contribution in [0.15, 0.2) is 54.6 Å². The first-order valence-corrected chi connectivity index (χ1v) is 7.24. The zero-order chi connectivity index (χ0) is 15.8. The number of methoxy groups -OCH3 is 1. The van der Waals surface area contributed by atoms with E-state index in [1.165, 1.54) is 0 Å². The van der Waals surface area contributed by atoms with E-state index >= 15 is 0 Å². The number of para-hydroxylation sites is 2. The summed E-state index contributed by atoms with van der Waals surface area (Å²) in [5, 5.41) is 0. The highest BCUT2D eigenvalue weighted by atomic mass is 16.5. The average Bonchev–Trinajstić information content (AvgIpc) is 2.56. The summed E-state index contributed by atoms with van der Waals surface area (Å²) in [5.41, 5.74) is 0.894. The molecule has 2 rings (SSSR count). The molecule has 0 fully saturated rings. The highest BCUT2D eigenvalue weighted by Gasteiger charge is 2.12. The zero-order valence-corrected chi connectivity index (χ0v) is 13.0. The standard InChI is InChI=1S/C18H21NO3/c1-19(12-13-22-16-9-4-3-5-10-16)18(20)14-15-8-6-7-11-17(15)21-2/h3-11H,12-14H2,1-2H3. The number of carbonyl (C=O) groups is 1. The molecule has 0 unspecified atom stereocenters. The minimum atomic E-state index is 0.0427. The van der Waals surface area contributed by atoms with Crippen molar-refractivity contribution in [1.82, 2.24) is 4.90 Å². The fourth-order valence-corrected chi connectivity index (χ4v) is 2.09. The topological polar surface area (TPSA) is 38.8 Å². The molecular formula is C18H21NO3. The molecule has 4 nitrogen and oxygen atoms in total. The van der Waals surface area contributed by atoms with E-state index in [0.717, 1.165) is 17.1 Å². The van der Waals surface area contributed by atoms with Gasteiger partial charge in [-0.3, -0.25) is 4.79 Å². The molecule has 116 valence electrons. The van der Waals surface area contributed by atoms with Crippen LogP contribution in [0, 0.1) is 0 Å². The number of hydrogen-bond donors (Lipinski definition) is 0. The van der Waals surface area contributed by atoms with Crippen molar-refractivity contribution < 1.29 is 14.3 Å². The highest BCUT2D eigenvalue weighted by molar-refractivity contribution is 5.79. The molecule has 2 aromatic rings. The molecule has 0 radical (unpaired) electrons. The third-order valence-corrected chi connectivity index (χ3v) is 3.40. The van der Waals surface area contributed by atoms with Gasteiger partial charge in [0.25, 0.3) is 0 Å². The molecule has 0 bridgehead atoms. The van der Waals surface area contributed by atoms with Gasteiger partial charge in [-0.2, -0.15) is 0 Å². The van der Waals surface area contributed by atoms with E-state index in [4.69, 9.17) is 9.47 Å². The number of likely N-dealkylation sites (N-methyl/N-ethyl adjacent to an activating group) is 1. The number of hydrogen-bond acceptors (Lipinski definition) is 3. The Labute approximate surface area is 131 Å². The number of ether oxygens (including phenoxy) is 2. The predicted octanol–water partition coefficient (Wildman–Crippen LogP) is 2.78. The Balaban J connectivity index is 1.82. The van der Waals surface area contributed by atoms with Crippen LogP contribution in [-0.4, -0.2) is 38.1 Å². The number of rotatable bonds is 7. The molecule has 0 aliphatic heterocycles. The molecule has 0 atom stereocenters. The van der Waals surface area contributed by atoms with E-state index in [-0.39, 0.29) is 5.91 Å². The van der Waals surface area contributed by atoms with Crippen LogP contribution in [0.2, 0.25) is 0 Å². The third-order valence-electron chi connectivity index (χ3n) is 3.40. The second-order valence-corrected chi connectivity index (χ2v) is 4.97. The Morgan fingerprint density at radius 1 is 1.05 bits per heavy atom. The van der Waals surface area contributed by atoms with Crippen LogP contribution < -0.4 is 9.47 Å². The van der Waals surface area contributed by atoms with Crippen molar-refractivity contribution in [3.05, 3.63) is 60.2 Å². The lowest BCUT2D eigenvalue weighted by atomic mass is 10.1. The minimum Gasteiger partial charge on any atom is -0.496 e. The van der Waals surface area contributed by atoms with Gasteiger partial charge in [-0.15, -0.1) is 0 Å². The molecule has 0 saturated carbocycles. The summed E-state index contributed by atoms with van der Waals surface area (Å²) in [7, 11) is 3.40. The van der Waals surface area contributed by atoms with Gasteiger partial charge in [0.2, 0.25) is 5.91 Å². The van der Waals surface area contributed by atoms with Crippen molar-refractivity contribution in [3.63, 3.8) is 0 Å². The first-order chi connectivity index (χ1) is 10.7. The molecule has 0 aliphatic rings. The molecule has 1 amide bonds. The smallest absolute Gasteiger partial charge is 0.226 e. The van der Waals surface area contributed by atoms with E-state index in [9.17, 15) is 4.79 Å².